The molecule has 0 unspecified atom stereocenters. The fourth-order valence-electron chi connectivity index (χ4n) is 4.40. The summed E-state index contributed by atoms with van der Waals surface area (Å²) in [6.45, 7) is 0.280. The van der Waals surface area contributed by atoms with Gasteiger partial charge in [0.1, 0.15) is 6.61 Å². The lowest BCUT2D eigenvalue weighted by molar-refractivity contribution is -0.131. The molecule has 28 heavy (non-hydrogen) atoms. The number of benzene rings is 2. The van der Waals surface area contributed by atoms with Crippen molar-refractivity contribution < 1.29 is 19.4 Å². The molecule has 0 aromatic heterocycles. The average molecular weight is 377 g/mol. The van der Waals surface area contributed by atoms with Crippen LogP contribution in [-0.2, 0) is 9.53 Å². The van der Waals surface area contributed by atoms with Gasteiger partial charge < -0.3 is 15.2 Å². The number of fused-ring (bicyclic) bond motifs is 3. The number of aliphatic carboxylic acids is 1. The smallest absolute Gasteiger partial charge is 0.407 e. The van der Waals surface area contributed by atoms with Crippen molar-refractivity contribution in [3.8, 4) is 11.1 Å². The minimum atomic E-state index is -0.966. The average Bonchev–Trinajstić information content (AvgIpc) is 3.27. The van der Waals surface area contributed by atoms with Crippen LogP contribution in [-0.4, -0.2) is 29.8 Å². The molecule has 4 rings (SSSR count). The van der Waals surface area contributed by atoms with Crippen LogP contribution < -0.4 is 5.32 Å². The van der Waals surface area contributed by atoms with Crippen molar-refractivity contribution in [3.63, 3.8) is 0 Å². The third kappa shape index (κ3) is 3.65. The topological polar surface area (TPSA) is 75.6 Å². The third-order valence-electron chi connectivity index (χ3n) is 5.70. The highest BCUT2D eigenvalue weighted by Gasteiger charge is 2.30. The minimum Gasteiger partial charge on any atom is -0.478 e. The maximum atomic E-state index is 12.4. The van der Waals surface area contributed by atoms with Gasteiger partial charge in [-0.1, -0.05) is 61.0 Å². The molecule has 1 fully saturated rings. The molecule has 2 N–H and O–H groups in total. The Balaban J connectivity index is 1.41. The predicted molar refractivity (Wildman–Crippen MR) is 106 cm³/mol. The number of carbonyl (C=O) groups is 2. The first kappa shape index (κ1) is 18.3. The van der Waals surface area contributed by atoms with E-state index in [0.717, 1.165) is 25.3 Å². The number of amides is 1. The number of alkyl carbamates (subject to hydrolysis) is 1. The van der Waals surface area contributed by atoms with Gasteiger partial charge in [-0.15, -0.1) is 0 Å². The maximum absolute atomic E-state index is 12.4. The van der Waals surface area contributed by atoms with Crippen LogP contribution in [0.3, 0.4) is 0 Å². The Morgan fingerprint density at radius 2 is 1.68 bits per heavy atom. The van der Waals surface area contributed by atoms with Crippen molar-refractivity contribution in [2.45, 2.75) is 31.2 Å². The molecule has 0 saturated heterocycles. The van der Waals surface area contributed by atoms with E-state index < -0.39 is 12.1 Å². The zero-order valence-corrected chi connectivity index (χ0v) is 15.5. The van der Waals surface area contributed by atoms with E-state index >= 15 is 0 Å². The quantitative estimate of drug-likeness (QED) is 0.760. The van der Waals surface area contributed by atoms with E-state index in [1.165, 1.54) is 22.3 Å². The largest absolute Gasteiger partial charge is 0.478 e. The van der Waals surface area contributed by atoms with Crippen LogP contribution in [0.15, 0.2) is 60.7 Å². The maximum Gasteiger partial charge on any atom is 0.407 e. The highest BCUT2D eigenvalue weighted by atomic mass is 16.5. The summed E-state index contributed by atoms with van der Waals surface area (Å²) in [6.07, 6.45) is 5.05. The van der Waals surface area contributed by atoms with Crippen molar-refractivity contribution >= 4 is 12.1 Å². The van der Waals surface area contributed by atoms with Crippen LogP contribution in [0.5, 0.6) is 0 Å². The standard InChI is InChI=1S/C23H23NO4/c25-22(26)13-12-15-6-5-11-21(15)24-23(27)28-14-20-18-9-3-1-7-16(18)17-8-2-4-10-19(17)20/h1-4,7-10,12-13,15,20-21H,5-6,11,14H2,(H,24,27)(H,25,26)/b13-12+/t15-,21+/m1/s1. The van der Waals surface area contributed by atoms with Gasteiger partial charge in [0.2, 0.25) is 0 Å². The summed E-state index contributed by atoms with van der Waals surface area (Å²) in [7, 11) is 0. The first-order chi connectivity index (χ1) is 13.6. The fraction of sp³-hybridized carbons (Fsp3) is 0.304. The Kier molecular flexibility index (Phi) is 5.15. The van der Waals surface area contributed by atoms with E-state index in [1.54, 1.807) is 6.08 Å². The number of ether oxygens (including phenoxy) is 1. The van der Waals surface area contributed by atoms with Crippen molar-refractivity contribution in [2.75, 3.05) is 6.61 Å². The number of hydrogen-bond donors (Lipinski definition) is 2. The summed E-state index contributed by atoms with van der Waals surface area (Å²) < 4.78 is 5.59. The number of rotatable bonds is 5. The van der Waals surface area contributed by atoms with Crippen molar-refractivity contribution in [2.24, 2.45) is 5.92 Å². The van der Waals surface area contributed by atoms with Crippen LogP contribution in [0.4, 0.5) is 4.79 Å². The monoisotopic (exact) mass is 377 g/mol. The Morgan fingerprint density at radius 3 is 2.32 bits per heavy atom. The van der Waals surface area contributed by atoms with Crippen molar-refractivity contribution in [1.29, 1.82) is 0 Å². The van der Waals surface area contributed by atoms with E-state index in [9.17, 15) is 9.59 Å². The van der Waals surface area contributed by atoms with Crippen molar-refractivity contribution in [1.82, 2.24) is 5.32 Å². The van der Waals surface area contributed by atoms with Gasteiger partial charge in [-0.05, 0) is 41.0 Å². The zero-order valence-electron chi connectivity index (χ0n) is 15.5. The highest BCUT2D eigenvalue weighted by molar-refractivity contribution is 5.80. The van der Waals surface area contributed by atoms with Crippen molar-refractivity contribution in [3.05, 3.63) is 71.8 Å². The molecular formula is C23H23NO4. The molecular weight excluding hydrogens is 354 g/mol. The van der Waals surface area contributed by atoms with Crippen LogP contribution in [0.2, 0.25) is 0 Å². The van der Waals surface area contributed by atoms with Gasteiger partial charge in [-0.2, -0.15) is 0 Å². The molecule has 2 aromatic carbocycles. The van der Waals surface area contributed by atoms with Gasteiger partial charge in [0.25, 0.3) is 0 Å². The van der Waals surface area contributed by atoms with E-state index in [-0.39, 0.29) is 24.5 Å². The molecule has 0 radical (unpaired) electrons. The third-order valence-corrected chi connectivity index (χ3v) is 5.70. The van der Waals surface area contributed by atoms with Crippen LogP contribution >= 0.6 is 0 Å². The van der Waals surface area contributed by atoms with E-state index in [4.69, 9.17) is 9.84 Å². The van der Waals surface area contributed by atoms with E-state index in [0.29, 0.717) is 0 Å². The van der Waals surface area contributed by atoms with Gasteiger partial charge in [-0.3, -0.25) is 0 Å². The van der Waals surface area contributed by atoms with Gasteiger partial charge in [0.05, 0.1) is 0 Å². The molecule has 2 atom stereocenters. The molecule has 0 spiro atoms. The molecule has 1 amide bonds. The van der Waals surface area contributed by atoms with Gasteiger partial charge >= 0.3 is 12.1 Å². The Hall–Kier alpha value is -3.08. The second-order valence-corrected chi connectivity index (χ2v) is 7.37. The second-order valence-electron chi connectivity index (χ2n) is 7.37. The summed E-state index contributed by atoms with van der Waals surface area (Å²) in [4.78, 5) is 23.1. The molecule has 2 aliphatic carbocycles. The molecule has 0 heterocycles. The van der Waals surface area contributed by atoms with E-state index in [2.05, 4.69) is 29.6 Å². The van der Waals surface area contributed by atoms with Crippen LogP contribution in [0.1, 0.15) is 36.3 Å². The summed E-state index contributed by atoms with van der Waals surface area (Å²) in [5.41, 5.74) is 4.75. The zero-order chi connectivity index (χ0) is 19.5. The lowest BCUT2D eigenvalue weighted by Gasteiger charge is -2.19. The van der Waals surface area contributed by atoms with E-state index in [1.807, 2.05) is 24.3 Å². The number of nitrogens with one attached hydrogen (secondary N) is 1. The molecule has 5 nitrogen and oxygen atoms in total. The number of carboxylic acid groups (broad SMARTS) is 1. The summed E-state index contributed by atoms with van der Waals surface area (Å²) >= 11 is 0. The van der Waals surface area contributed by atoms with Gasteiger partial charge in [0, 0.05) is 18.0 Å². The summed E-state index contributed by atoms with van der Waals surface area (Å²) in [5, 5.41) is 11.7. The highest BCUT2D eigenvalue weighted by Crippen LogP contribution is 2.44. The first-order valence-corrected chi connectivity index (χ1v) is 9.66. The Morgan fingerprint density at radius 1 is 1.04 bits per heavy atom. The first-order valence-electron chi connectivity index (χ1n) is 9.66. The molecule has 0 bridgehead atoms. The predicted octanol–water partition coefficient (Wildman–Crippen LogP) is 4.33. The SMILES string of the molecule is O=C(O)/C=C/[C@H]1CCC[C@@H]1NC(=O)OCC1c2ccccc2-c2ccccc21. The molecule has 5 heteroatoms. The molecule has 1 saturated carbocycles. The number of hydrogen-bond acceptors (Lipinski definition) is 3. The second kappa shape index (κ2) is 7.89. The summed E-state index contributed by atoms with van der Waals surface area (Å²) in [5.74, 6) is -0.896. The lowest BCUT2D eigenvalue weighted by Crippen LogP contribution is -2.37. The molecule has 0 aliphatic heterocycles. The Labute approximate surface area is 164 Å². The fourth-order valence-corrected chi connectivity index (χ4v) is 4.40. The van der Waals surface area contributed by atoms with Crippen LogP contribution in [0.25, 0.3) is 11.1 Å². The molecule has 2 aromatic rings. The normalized spacial score (nSPS) is 20.7. The number of carboxylic acids is 1. The Bertz CT molecular complexity index is 875. The molecule has 144 valence electrons. The van der Waals surface area contributed by atoms with Gasteiger partial charge in [-0.25, -0.2) is 9.59 Å². The lowest BCUT2D eigenvalue weighted by atomic mass is 9.98. The van der Waals surface area contributed by atoms with Gasteiger partial charge in [0.15, 0.2) is 0 Å². The van der Waals surface area contributed by atoms with Crippen LogP contribution in [0, 0.1) is 5.92 Å². The minimum absolute atomic E-state index is 0.0319. The molecule has 2 aliphatic rings. The summed E-state index contributed by atoms with van der Waals surface area (Å²) in [6, 6.07) is 16.4. The number of carbonyl (C=O) groups excluding carboxylic acids is 1.